The lowest BCUT2D eigenvalue weighted by Gasteiger charge is -2.38. The van der Waals surface area contributed by atoms with E-state index < -0.39 is 24.9 Å². The molecular formula is C28H32ClF3N7O3+. The van der Waals surface area contributed by atoms with Crippen LogP contribution in [0, 0.1) is 5.92 Å². The highest BCUT2D eigenvalue weighted by Crippen LogP contribution is 2.26. The monoisotopic (exact) mass is 606 g/mol. The van der Waals surface area contributed by atoms with Gasteiger partial charge in [0, 0.05) is 23.2 Å². The number of hydrogen-bond acceptors (Lipinski definition) is 5. The van der Waals surface area contributed by atoms with Gasteiger partial charge in [-0.05, 0) is 62.1 Å². The first-order valence-electron chi connectivity index (χ1n) is 13.4. The third-order valence-corrected chi connectivity index (χ3v) is 7.61. The molecule has 224 valence electrons. The number of nitrogens with one attached hydrogen (secondary N) is 1. The van der Waals surface area contributed by atoms with Gasteiger partial charge < -0.3 is 15.7 Å². The van der Waals surface area contributed by atoms with E-state index in [1.165, 1.54) is 35.3 Å². The van der Waals surface area contributed by atoms with Crippen molar-refractivity contribution in [2.24, 2.45) is 11.7 Å². The Bertz CT molecular complexity index is 1460. The van der Waals surface area contributed by atoms with Crippen LogP contribution in [0.15, 0.2) is 54.9 Å². The summed E-state index contributed by atoms with van der Waals surface area (Å²) in [6.45, 7) is 3.40. The second-order valence-corrected chi connectivity index (χ2v) is 10.6. The number of likely N-dealkylation sites (tertiary alicyclic amines) is 1. The average molecular weight is 607 g/mol. The number of nitrogens with zero attached hydrogens (tertiary/aromatic N) is 5. The molecule has 3 amide bonds. The first-order valence-corrected chi connectivity index (χ1v) is 13.7. The van der Waals surface area contributed by atoms with Crippen molar-refractivity contribution in [3.63, 3.8) is 0 Å². The number of para-hydroxylation sites is 1. The number of aromatic nitrogens is 3. The second kappa shape index (κ2) is 12.9. The van der Waals surface area contributed by atoms with Crippen LogP contribution in [0.25, 0.3) is 5.69 Å². The number of urea groups is 1. The van der Waals surface area contributed by atoms with Gasteiger partial charge in [0.2, 0.25) is 5.84 Å². The predicted octanol–water partition coefficient (Wildman–Crippen LogP) is 3.73. The zero-order valence-corrected chi connectivity index (χ0v) is 23.8. The zero-order valence-electron chi connectivity index (χ0n) is 23.1. The lowest BCUT2D eigenvalue weighted by atomic mass is 9.91. The molecule has 42 heavy (non-hydrogen) atoms. The summed E-state index contributed by atoms with van der Waals surface area (Å²) in [6, 6.07) is 11.8. The Morgan fingerprint density at radius 1 is 1.19 bits per heavy atom. The summed E-state index contributed by atoms with van der Waals surface area (Å²) in [5.74, 6) is 0.0629. The smallest absolute Gasteiger partial charge is 0.381 e. The normalized spacial score (nSPS) is 18.8. The van der Waals surface area contributed by atoms with Gasteiger partial charge in [-0.1, -0.05) is 30.7 Å². The molecule has 3 atom stereocenters. The van der Waals surface area contributed by atoms with Crippen molar-refractivity contribution in [3.8, 4) is 5.69 Å². The molecule has 2 aromatic carbocycles. The maximum atomic E-state index is 13.5. The zero-order chi connectivity index (χ0) is 30.6. The molecule has 0 radical (unpaired) electrons. The largest absolute Gasteiger partial charge is 0.436 e. The van der Waals surface area contributed by atoms with Crippen molar-refractivity contribution < 1.29 is 32.4 Å². The van der Waals surface area contributed by atoms with E-state index in [0.29, 0.717) is 33.3 Å². The van der Waals surface area contributed by atoms with E-state index in [1.807, 2.05) is 11.8 Å². The topological polar surface area (TPSA) is 129 Å². The molecule has 1 aliphatic heterocycles. The molecule has 0 spiro atoms. The van der Waals surface area contributed by atoms with Crippen molar-refractivity contribution in [3.05, 3.63) is 76.8 Å². The molecule has 1 aliphatic rings. The molecule has 2 unspecified atom stereocenters. The minimum atomic E-state index is -4.98. The van der Waals surface area contributed by atoms with Crippen LogP contribution in [0.5, 0.6) is 0 Å². The van der Waals surface area contributed by atoms with Gasteiger partial charge in [-0.3, -0.25) is 10.1 Å². The van der Waals surface area contributed by atoms with Crippen LogP contribution in [0.4, 0.5) is 18.0 Å². The molecule has 1 saturated heterocycles. The molecule has 1 aromatic heterocycles. The van der Waals surface area contributed by atoms with Crippen LogP contribution >= 0.6 is 11.6 Å². The predicted molar refractivity (Wildman–Crippen MR) is 149 cm³/mol. The van der Waals surface area contributed by atoms with E-state index in [0.717, 1.165) is 12.8 Å². The van der Waals surface area contributed by atoms with Gasteiger partial charge in [-0.15, -0.1) is 5.10 Å². The number of rotatable bonds is 7. The van der Waals surface area contributed by atoms with E-state index >= 15 is 0 Å². The molecule has 0 aliphatic carbocycles. The summed E-state index contributed by atoms with van der Waals surface area (Å²) in [4.78, 5) is 32.5. The van der Waals surface area contributed by atoms with Crippen LogP contribution in [-0.4, -0.2) is 78.5 Å². The quantitative estimate of drug-likeness (QED) is 0.214. The van der Waals surface area contributed by atoms with Gasteiger partial charge in [0.1, 0.15) is 19.4 Å². The molecule has 1 fully saturated rings. The second-order valence-electron chi connectivity index (χ2n) is 10.2. The van der Waals surface area contributed by atoms with E-state index in [2.05, 4.69) is 22.3 Å². The minimum absolute atomic E-state index is 0.0803. The summed E-state index contributed by atoms with van der Waals surface area (Å²) >= 11 is 5.88. The van der Waals surface area contributed by atoms with Crippen LogP contribution in [0.3, 0.4) is 0 Å². The van der Waals surface area contributed by atoms with Crippen molar-refractivity contribution >= 4 is 29.4 Å². The van der Waals surface area contributed by atoms with Gasteiger partial charge in [0.25, 0.3) is 5.91 Å². The average Bonchev–Trinajstić information content (AvgIpc) is 3.44. The molecule has 0 saturated carbocycles. The summed E-state index contributed by atoms with van der Waals surface area (Å²) in [7, 11) is 0. The summed E-state index contributed by atoms with van der Waals surface area (Å²) < 4.78 is 41.4. The van der Waals surface area contributed by atoms with Crippen LogP contribution in [0.1, 0.15) is 48.4 Å². The van der Waals surface area contributed by atoms with Crippen molar-refractivity contribution in [2.45, 2.75) is 51.6 Å². The van der Waals surface area contributed by atoms with E-state index in [9.17, 15) is 27.9 Å². The van der Waals surface area contributed by atoms with E-state index in [-0.39, 0.29) is 35.7 Å². The first kappa shape index (κ1) is 31.0. The number of piperidine rings is 1. The van der Waals surface area contributed by atoms with Crippen molar-refractivity contribution in [1.29, 1.82) is 0 Å². The number of aliphatic hydroxyl groups excluding tert-OH is 1. The van der Waals surface area contributed by atoms with Gasteiger partial charge in [0.05, 0.1) is 11.3 Å². The number of halogens is 4. The van der Waals surface area contributed by atoms with Crippen molar-refractivity contribution in [2.75, 3.05) is 13.1 Å². The van der Waals surface area contributed by atoms with E-state index in [4.69, 9.17) is 17.3 Å². The Hall–Kier alpha value is -3.97. The fraction of sp³-hybridized carbons (Fsp3) is 0.393. The fourth-order valence-corrected chi connectivity index (χ4v) is 4.85. The molecule has 0 bridgehead atoms. The summed E-state index contributed by atoms with van der Waals surface area (Å²) in [5.41, 5.74) is 7.21. The highest BCUT2D eigenvalue weighted by molar-refractivity contribution is 6.30. The highest BCUT2D eigenvalue weighted by atomic mass is 35.5. The molecule has 4 N–H and O–H groups in total. The Morgan fingerprint density at radius 3 is 2.57 bits per heavy atom. The van der Waals surface area contributed by atoms with Gasteiger partial charge in [0.15, 0.2) is 11.9 Å². The van der Waals surface area contributed by atoms with Gasteiger partial charge in [-0.2, -0.15) is 17.7 Å². The molecule has 14 heteroatoms. The van der Waals surface area contributed by atoms with Crippen LogP contribution < -0.4 is 11.1 Å². The number of amides is 3. The number of carbonyl (C=O) groups is 2. The SMILES string of the molecule is CC1CCCN(C(=O)c2ccccc2-n2cnc(CNC(=O)/[N+](C[C@H](O)C(F)(F)F)=C(\N)c3ccc(Cl)cc3)n2)C1C. The van der Waals surface area contributed by atoms with Crippen molar-refractivity contribution in [1.82, 2.24) is 25.0 Å². The molecule has 2 heterocycles. The number of nitrogens with two attached hydrogens (primary N) is 1. The highest BCUT2D eigenvalue weighted by Gasteiger charge is 2.41. The fourth-order valence-electron chi connectivity index (χ4n) is 4.72. The lowest BCUT2D eigenvalue weighted by molar-refractivity contribution is -0.455. The first-order chi connectivity index (χ1) is 19.9. The van der Waals surface area contributed by atoms with E-state index in [1.54, 1.807) is 24.3 Å². The van der Waals surface area contributed by atoms with Gasteiger partial charge >= 0.3 is 12.2 Å². The molecule has 4 rings (SSSR count). The molecule has 10 nitrogen and oxygen atoms in total. The van der Waals surface area contributed by atoms with Gasteiger partial charge in [-0.25, -0.2) is 14.5 Å². The summed E-state index contributed by atoms with van der Waals surface area (Å²) in [6.07, 6.45) is -4.46. The standard InChI is InChI=1S/C28H31ClF3N7O3/c1-17-6-5-13-37(18(17)2)26(41)21-7-3-4-8-22(21)39-16-35-24(36-39)14-34-27(42)38(15-23(40)28(30,31)32)25(33)19-9-11-20(29)12-10-19/h3-4,7-12,16-18,23,33,40H,5-6,13-15H2,1-2H3,(H,34,42)/p+1/t17?,18?,23-/m0/s1. The Labute approximate surface area is 245 Å². The third kappa shape index (κ3) is 7.08. The number of alkyl halides is 3. The Kier molecular flexibility index (Phi) is 9.52. The maximum Gasteiger partial charge on any atom is 0.436 e. The Morgan fingerprint density at radius 2 is 1.88 bits per heavy atom. The lowest BCUT2D eigenvalue weighted by Crippen LogP contribution is -2.47. The molecule has 3 aromatic rings. The number of hydrogen-bond donors (Lipinski definition) is 3. The maximum absolute atomic E-state index is 13.5. The summed E-state index contributed by atoms with van der Waals surface area (Å²) in [5, 5.41) is 16.8. The minimum Gasteiger partial charge on any atom is -0.381 e. The van der Waals surface area contributed by atoms with Crippen LogP contribution in [0.2, 0.25) is 5.02 Å². The number of benzene rings is 2. The third-order valence-electron chi connectivity index (χ3n) is 7.36. The number of aliphatic hydroxyl groups is 1. The Balaban J connectivity index is 1.53. The molecular weight excluding hydrogens is 575 g/mol. The number of amidine groups is 1. The number of carbonyl (C=O) groups excluding carboxylic acids is 2. The van der Waals surface area contributed by atoms with Crippen LogP contribution in [-0.2, 0) is 6.54 Å².